The van der Waals surface area contributed by atoms with Crippen LogP contribution in [0.3, 0.4) is 0 Å². The van der Waals surface area contributed by atoms with E-state index in [4.69, 9.17) is 21.1 Å². The van der Waals surface area contributed by atoms with Crippen LogP contribution in [-0.4, -0.2) is 32.9 Å². The van der Waals surface area contributed by atoms with E-state index in [0.29, 0.717) is 28.1 Å². The quantitative estimate of drug-likeness (QED) is 0.480. The van der Waals surface area contributed by atoms with Gasteiger partial charge in [-0.2, -0.15) is 4.52 Å². The van der Waals surface area contributed by atoms with Gasteiger partial charge in [-0.25, -0.2) is 9.18 Å². The van der Waals surface area contributed by atoms with Crippen LogP contribution in [0.5, 0.6) is 11.6 Å². The summed E-state index contributed by atoms with van der Waals surface area (Å²) in [6.07, 6.45) is 0. The van der Waals surface area contributed by atoms with Crippen LogP contribution >= 0.6 is 11.6 Å². The lowest BCUT2D eigenvalue weighted by molar-refractivity contribution is 0.0601. The maximum atomic E-state index is 13.9. The molecule has 7 nitrogen and oxygen atoms in total. The van der Waals surface area contributed by atoms with Gasteiger partial charge in [0.2, 0.25) is 11.2 Å². The summed E-state index contributed by atoms with van der Waals surface area (Å²) >= 11 is 5.93. The van der Waals surface area contributed by atoms with E-state index in [9.17, 15) is 9.18 Å². The molecule has 0 saturated carbocycles. The van der Waals surface area contributed by atoms with E-state index in [1.54, 1.807) is 36.4 Å². The number of benzene rings is 2. The number of nitrogens with zero attached hydrogens (tertiary/aromatic N) is 4. The fraction of sp³-hybridized carbons (Fsp3) is 0.0526. The molecule has 2 heterocycles. The Kier molecular flexibility index (Phi) is 4.62. The summed E-state index contributed by atoms with van der Waals surface area (Å²) in [4.78, 5) is 11.8. The van der Waals surface area contributed by atoms with Gasteiger partial charge in [-0.05, 0) is 53.6 Å². The van der Waals surface area contributed by atoms with Crippen LogP contribution in [0.1, 0.15) is 10.4 Å². The number of ether oxygens (including phenoxy) is 2. The molecule has 0 fully saturated rings. The third-order valence-corrected chi connectivity index (χ3v) is 4.19. The number of hydrogen-bond acceptors (Lipinski definition) is 6. The van der Waals surface area contributed by atoms with Gasteiger partial charge in [-0.15, -0.1) is 15.3 Å². The predicted octanol–water partition coefficient (Wildman–Crippen LogP) is 4.16. The monoisotopic (exact) mass is 398 g/mol. The van der Waals surface area contributed by atoms with Gasteiger partial charge < -0.3 is 9.47 Å². The predicted molar refractivity (Wildman–Crippen MR) is 99.0 cm³/mol. The molecule has 0 aliphatic heterocycles. The molecule has 4 aromatic rings. The molecule has 0 N–H and O–H groups in total. The summed E-state index contributed by atoms with van der Waals surface area (Å²) in [5, 5.41) is 11.9. The first-order chi connectivity index (χ1) is 13.5. The number of esters is 1. The van der Waals surface area contributed by atoms with Gasteiger partial charge in [0, 0.05) is 11.6 Å². The molecular formula is C19H12ClFN4O3. The van der Waals surface area contributed by atoms with Crippen LogP contribution in [0, 0.1) is 5.82 Å². The molecule has 0 amide bonds. The van der Waals surface area contributed by atoms with Crippen molar-refractivity contribution in [1.82, 2.24) is 19.8 Å². The van der Waals surface area contributed by atoms with E-state index in [1.807, 2.05) is 0 Å². The van der Waals surface area contributed by atoms with Crippen molar-refractivity contribution >= 4 is 23.2 Å². The van der Waals surface area contributed by atoms with E-state index >= 15 is 0 Å². The second-order valence-electron chi connectivity index (χ2n) is 5.73. The summed E-state index contributed by atoms with van der Waals surface area (Å²) in [6, 6.07) is 13.9. The highest BCUT2D eigenvalue weighted by atomic mass is 35.5. The lowest BCUT2D eigenvalue weighted by atomic mass is 10.0. The largest absolute Gasteiger partial charge is 0.465 e. The van der Waals surface area contributed by atoms with Crippen molar-refractivity contribution in [1.29, 1.82) is 0 Å². The number of halogens is 2. The summed E-state index contributed by atoms with van der Waals surface area (Å²) < 4.78 is 25.8. The Labute approximate surface area is 163 Å². The zero-order chi connectivity index (χ0) is 19.7. The number of rotatable bonds is 4. The molecule has 2 aromatic carbocycles. The minimum absolute atomic E-state index is 0.0885. The van der Waals surface area contributed by atoms with Crippen molar-refractivity contribution in [2.24, 2.45) is 0 Å². The third-order valence-electron chi connectivity index (χ3n) is 3.95. The molecule has 0 unspecified atom stereocenters. The first-order valence-corrected chi connectivity index (χ1v) is 8.47. The number of carbonyl (C=O) groups is 1. The molecule has 0 bridgehead atoms. The number of hydrogen-bond donors (Lipinski definition) is 0. The first kappa shape index (κ1) is 17.9. The molecular weight excluding hydrogens is 387 g/mol. The molecule has 0 spiro atoms. The maximum absolute atomic E-state index is 13.9. The average molecular weight is 399 g/mol. The highest BCUT2D eigenvalue weighted by Gasteiger charge is 2.14. The summed E-state index contributed by atoms with van der Waals surface area (Å²) in [5.41, 5.74) is 1.83. The van der Waals surface area contributed by atoms with Crippen molar-refractivity contribution in [2.75, 3.05) is 7.11 Å². The molecule has 0 aliphatic carbocycles. The van der Waals surface area contributed by atoms with Crippen molar-refractivity contribution in [3.8, 4) is 22.8 Å². The summed E-state index contributed by atoms with van der Waals surface area (Å²) in [7, 11) is 1.30. The fourth-order valence-electron chi connectivity index (χ4n) is 2.66. The minimum atomic E-state index is -0.491. The first-order valence-electron chi connectivity index (χ1n) is 8.09. The summed E-state index contributed by atoms with van der Waals surface area (Å²) in [6.45, 7) is 0. The maximum Gasteiger partial charge on any atom is 0.337 e. The Morgan fingerprint density at radius 1 is 1.11 bits per heavy atom. The topological polar surface area (TPSA) is 78.6 Å². The van der Waals surface area contributed by atoms with Gasteiger partial charge in [0.25, 0.3) is 0 Å². The molecule has 0 saturated heterocycles. The van der Waals surface area contributed by atoms with Crippen LogP contribution in [0.15, 0.2) is 54.6 Å². The van der Waals surface area contributed by atoms with Crippen molar-refractivity contribution in [2.45, 2.75) is 0 Å². The number of fused-ring (bicyclic) bond motifs is 1. The molecule has 140 valence electrons. The van der Waals surface area contributed by atoms with Crippen LogP contribution in [0.2, 0.25) is 5.28 Å². The lowest BCUT2D eigenvalue weighted by Gasteiger charge is -2.12. The number of methoxy groups -OCH3 is 1. The van der Waals surface area contributed by atoms with E-state index in [0.717, 1.165) is 0 Å². The SMILES string of the molecule is COC(=O)c1cccc(-c2cc(F)ccc2Oc2ccc3nnc(Cl)n3n2)c1. The van der Waals surface area contributed by atoms with Gasteiger partial charge in [0.1, 0.15) is 11.6 Å². The van der Waals surface area contributed by atoms with Crippen LogP contribution < -0.4 is 4.74 Å². The highest BCUT2D eigenvalue weighted by Crippen LogP contribution is 2.34. The smallest absolute Gasteiger partial charge is 0.337 e. The van der Waals surface area contributed by atoms with Gasteiger partial charge in [0.05, 0.1) is 12.7 Å². The van der Waals surface area contributed by atoms with Gasteiger partial charge >= 0.3 is 5.97 Å². The molecule has 0 atom stereocenters. The average Bonchev–Trinajstić information content (AvgIpc) is 3.09. The zero-order valence-electron chi connectivity index (χ0n) is 14.5. The lowest BCUT2D eigenvalue weighted by Crippen LogP contribution is -2.01. The minimum Gasteiger partial charge on any atom is -0.465 e. The van der Waals surface area contributed by atoms with Gasteiger partial charge in [-0.3, -0.25) is 0 Å². The Hall–Kier alpha value is -3.52. The Balaban J connectivity index is 1.76. The molecule has 2 aromatic heterocycles. The Bertz CT molecular complexity index is 1190. The Morgan fingerprint density at radius 2 is 1.96 bits per heavy atom. The summed E-state index contributed by atoms with van der Waals surface area (Å²) in [5.74, 6) is -0.378. The molecule has 0 radical (unpaired) electrons. The fourth-order valence-corrected chi connectivity index (χ4v) is 2.82. The molecule has 4 rings (SSSR count). The van der Waals surface area contributed by atoms with Gasteiger partial charge in [-0.1, -0.05) is 12.1 Å². The van der Waals surface area contributed by atoms with E-state index in [1.165, 1.54) is 29.8 Å². The zero-order valence-corrected chi connectivity index (χ0v) is 15.2. The second kappa shape index (κ2) is 7.24. The molecule has 9 heteroatoms. The van der Waals surface area contributed by atoms with Crippen molar-refractivity contribution in [3.63, 3.8) is 0 Å². The van der Waals surface area contributed by atoms with Crippen molar-refractivity contribution in [3.05, 3.63) is 71.3 Å². The molecule has 28 heavy (non-hydrogen) atoms. The van der Waals surface area contributed by atoms with E-state index in [2.05, 4.69) is 15.3 Å². The van der Waals surface area contributed by atoms with Crippen LogP contribution in [0.25, 0.3) is 16.8 Å². The van der Waals surface area contributed by atoms with Gasteiger partial charge in [0.15, 0.2) is 5.65 Å². The number of carbonyl (C=O) groups excluding carboxylic acids is 1. The second-order valence-corrected chi connectivity index (χ2v) is 6.06. The highest BCUT2D eigenvalue weighted by molar-refractivity contribution is 6.28. The van der Waals surface area contributed by atoms with E-state index < -0.39 is 11.8 Å². The van der Waals surface area contributed by atoms with Crippen molar-refractivity contribution < 1.29 is 18.7 Å². The van der Waals surface area contributed by atoms with E-state index in [-0.39, 0.29) is 11.2 Å². The Morgan fingerprint density at radius 3 is 2.79 bits per heavy atom. The standard InChI is InChI=1S/C19H12ClFN4O3/c1-27-18(26)12-4-2-3-11(9-12)14-10-13(21)5-6-15(14)28-17-8-7-16-22-23-19(20)25(16)24-17/h2-10H,1H3. The van der Waals surface area contributed by atoms with Crippen LogP contribution in [0.4, 0.5) is 4.39 Å². The number of aromatic nitrogens is 4. The normalized spacial score (nSPS) is 10.8. The van der Waals surface area contributed by atoms with Crippen LogP contribution in [-0.2, 0) is 4.74 Å². The molecule has 0 aliphatic rings. The third kappa shape index (κ3) is 3.37.